The number of likely N-dealkylation sites (tertiary alicyclic amines) is 1. The van der Waals surface area contributed by atoms with Crippen molar-refractivity contribution in [1.29, 1.82) is 0 Å². The van der Waals surface area contributed by atoms with Crippen molar-refractivity contribution in [3.63, 3.8) is 0 Å². The first-order valence-corrected chi connectivity index (χ1v) is 6.04. The molecule has 2 rings (SSSR count). The zero-order valence-corrected chi connectivity index (χ0v) is 10.5. The molecule has 4 nitrogen and oxygen atoms in total. The number of aryl methyl sites for hydroxylation is 1. The Morgan fingerprint density at radius 1 is 1.31 bits per heavy atom. The molecule has 0 amide bonds. The summed E-state index contributed by atoms with van der Waals surface area (Å²) in [5, 5.41) is 0. The van der Waals surface area contributed by atoms with E-state index in [0.29, 0.717) is 6.04 Å². The van der Waals surface area contributed by atoms with E-state index in [-0.39, 0.29) is 0 Å². The van der Waals surface area contributed by atoms with Crippen molar-refractivity contribution in [2.45, 2.75) is 39.3 Å². The minimum Gasteiger partial charge on any atom is -0.334 e. The molecule has 0 radical (unpaired) electrons. The molecule has 4 heteroatoms. The molecule has 1 aliphatic heterocycles. The lowest BCUT2D eigenvalue weighted by molar-refractivity contribution is 0.199. The van der Waals surface area contributed by atoms with Crippen LogP contribution >= 0.6 is 0 Å². The van der Waals surface area contributed by atoms with Crippen LogP contribution in [0.5, 0.6) is 0 Å². The Bertz CT molecular complexity index is 361. The van der Waals surface area contributed by atoms with Crippen molar-refractivity contribution in [3.05, 3.63) is 17.2 Å². The summed E-state index contributed by atoms with van der Waals surface area (Å²) < 4.78 is 2.20. The normalized spacial score (nSPS) is 19.2. The maximum atomic E-state index is 5.90. The third-order valence-corrected chi connectivity index (χ3v) is 3.71. The van der Waals surface area contributed by atoms with Gasteiger partial charge in [0.2, 0.25) is 0 Å². The highest BCUT2D eigenvalue weighted by molar-refractivity contribution is 5.13. The van der Waals surface area contributed by atoms with Crippen molar-refractivity contribution < 1.29 is 0 Å². The van der Waals surface area contributed by atoms with Crippen molar-refractivity contribution >= 4 is 0 Å². The average Bonchev–Trinajstić information content (AvgIpc) is 2.50. The molecule has 1 saturated heterocycles. The SMILES string of the molecule is Cc1nc(CN2CCC(N)CC2)n(C)c1C. The molecule has 2 heterocycles. The molecule has 90 valence electrons. The van der Waals surface area contributed by atoms with Crippen LogP contribution in [-0.2, 0) is 13.6 Å². The molecule has 16 heavy (non-hydrogen) atoms. The Morgan fingerprint density at radius 2 is 1.94 bits per heavy atom. The van der Waals surface area contributed by atoms with Gasteiger partial charge in [-0.05, 0) is 26.7 Å². The predicted octanol–water partition coefficient (Wildman–Crippen LogP) is 0.960. The molecule has 2 N–H and O–H groups in total. The topological polar surface area (TPSA) is 47.1 Å². The minimum absolute atomic E-state index is 0.404. The van der Waals surface area contributed by atoms with E-state index in [0.717, 1.165) is 38.2 Å². The first-order valence-electron chi connectivity index (χ1n) is 6.04. The molecular formula is C12H22N4. The van der Waals surface area contributed by atoms with E-state index in [1.165, 1.54) is 11.5 Å². The van der Waals surface area contributed by atoms with Gasteiger partial charge >= 0.3 is 0 Å². The Hall–Kier alpha value is -0.870. The van der Waals surface area contributed by atoms with E-state index in [4.69, 9.17) is 5.73 Å². The summed E-state index contributed by atoms with van der Waals surface area (Å²) in [6, 6.07) is 0.404. The highest BCUT2D eigenvalue weighted by Gasteiger charge is 2.18. The minimum atomic E-state index is 0.404. The third kappa shape index (κ3) is 2.28. The summed E-state index contributed by atoms with van der Waals surface area (Å²) in [6.07, 6.45) is 2.23. The van der Waals surface area contributed by atoms with Crippen LogP contribution in [0.2, 0.25) is 0 Å². The van der Waals surface area contributed by atoms with Gasteiger partial charge in [-0.25, -0.2) is 4.98 Å². The standard InChI is InChI=1S/C12H22N4/c1-9-10(2)15(3)12(14-9)8-16-6-4-11(13)5-7-16/h11H,4-8,13H2,1-3H3. The van der Waals surface area contributed by atoms with Crippen LogP contribution in [0.4, 0.5) is 0 Å². The van der Waals surface area contributed by atoms with E-state index in [1.54, 1.807) is 0 Å². The van der Waals surface area contributed by atoms with E-state index < -0.39 is 0 Å². The Morgan fingerprint density at radius 3 is 2.44 bits per heavy atom. The number of aromatic nitrogens is 2. The summed E-state index contributed by atoms with van der Waals surface area (Å²) in [6.45, 7) is 7.36. The molecule has 0 bridgehead atoms. The van der Waals surface area contributed by atoms with Crippen LogP contribution in [-0.4, -0.2) is 33.6 Å². The zero-order valence-electron chi connectivity index (χ0n) is 10.5. The lowest BCUT2D eigenvalue weighted by atomic mass is 10.1. The largest absolute Gasteiger partial charge is 0.334 e. The summed E-state index contributed by atoms with van der Waals surface area (Å²) in [5.74, 6) is 1.17. The maximum absolute atomic E-state index is 5.90. The van der Waals surface area contributed by atoms with Gasteiger partial charge in [0.15, 0.2) is 0 Å². The fourth-order valence-electron chi connectivity index (χ4n) is 2.24. The van der Waals surface area contributed by atoms with Crippen molar-refractivity contribution in [1.82, 2.24) is 14.5 Å². The zero-order chi connectivity index (χ0) is 11.7. The summed E-state index contributed by atoms with van der Waals surface area (Å²) in [5.41, 5.74) is 8.31. The fraction of sp³-hybridized carbons (Fsp3) is 0.750. The Labute approximate surface area is 97.4 Å². The second kappa shape index (κ2) is 4.55. The van der Waals surface area contributed by atoms with Crippen molar-refractivity contribution in [2.75, 3.05) is 13.1 Å². The Kier molecular flexibility index (Phi) is 3.30. The molecule has 0 aliphatic carbocycles. The number of imidazole rings is 1. The van der Waals surface area contributed by atoms with Crippen LogP contribution in [0.3, 0.4) is 0 Å². The molecule has 0 unspecified atom stereocenters. The molecule has 0 atom stereocenters. The molecule has 1 fully saturated rings. The van der Waals surface area contributed by atoms with E-state index >= 15 is 0 Å². The van der Waals surface area contributed by atoms with Crippen molar-refractivity contribution in [3.8, 4) is 0 Å². The second-order valence-corrected chi connectivity index (χ2v) is 4.87. The summed E-state index contributed by atoms with van der Waals surface area (Å²) in [7, 11) is 2.10. The lowest BCUT2D eigenvalue weighted by Gasteiger charge is -2.29. The molecule has 0 aromatic carbocycles. The van der Waals surface area contributed by atoms with Gasteiger partial charge in [0.25, 0.3) is 0 Å². The molecule has 0 spiro atoms. The monoisotopic (exact) mass is 222 g/mol. The van der Waals surface area contributed by atoms with Gasteiger partial charge in [-0.15, -0.1) is 0 Å². The quantitative estimate of drug-likeness (QED) is 0.811. The van der Waals surface area contributed by atoms with Gasteiger partial charge in [0.1, 0.15) is 5.82 Å². The number of nitrogens with two attached hydrogens (primary N) is 1. The third-order valence-electron chi connectivity index (χ3n) is 3.71. The van der Waals surface area contributed by atoms with Gasteiger partial charge in [-0.3, -0.25) is 4.90 Å². The number of rotatable bonds is 2. The van der Waals surface area contributed by atoms with Crippen molar-refractivity contribution in [2.24, 2.45) is 12.8 Å². The Balaban J connectivity index is 2.01. The number of piperidine rings is 1. The van der Waals surface area contributed by atoms with E-state index in [1.807, 2.05) is 0 Å². The van der Waals surface area contributed by atoms with Gasteiger partial charge < -0.3 is 10.3 Å². The smallest absolute Gasteiger partial charge is 0.123 e. The summed E-state index contributed by atoms with van der Waals surface area (Å²) in [4.78, 5) is 7.06. The second-order valence-electron chi connectivity index (χ2n) is 4.87. The van der Waals surface area contributed by atoms with Crippen LogP contribution in [0.25, 0.3) is 0 Å². The highest BCUT2D eigenvalue weighted by Crippen LogP contribution is 2.14. The number of hydrogen-bond acceptors (Lipinski definition) is 3. The van der Waals surface area contributed by atoms with Gasteiger partial charge in [0.05, 0.1) is 12.2 Å². The van der Waals surface area contributed by atoms with Crippen LogP contribution < -0.4 is 5.73 Å². The number of hydrogen-bond donors (Lipinski definition) is 1. The number of nitrogens with zero attached hydrogens (tertiary/aromatic N) is 3. The molecule has 1 aromatic heterocycles. The molecule has 1 aromatic rings. The van der Waals surface area contributed by atoms with Crippen LogP contribution in [0.15, 0.2) is 0 Å². The van der Waals surface area contributed by atoms with Crippen LogP contribution in [0, 0.1) is 13.8 Å². The molecule has 1 aliphatic rings. The molecular weight excluding hydrogens is 200 g/mol. The fourth-order valence-corrected chi connectivity index (χ4v) is 2.24. The first-order chi connectivity index (χ1) is 7.58. The van der Waals surface area contributed by atoms with Gasteiger partial charge in [-0.1, -0.05) is 0 Å². The molecule has 0 saturated carbocycles. The van der Waals surface area contributed by atoms with Gasteiger partial charge in [0, 0.05) is 31.9 Å². The average molecular weight is 222 g/mol. The van der Waals surface area contributed by atoms with Crippen LogP contribution in [0.1, 0.15) is 30.1 Å². The predicted molar refractivity (Wildman–Crippen MR) is 65.2 cm³/mol. The summed E-state index contributed by atoms with van der Waals surface area (Å²) >= 11 is 0. The van der Waals surface area contributed by atoms with Gasteiger partial charge in [-0.2, -0.15) is 0 Å². The van der Waals surface area contributed by atoms with E-state index in [9.17, 15) is 0 Å². The lowest BCUT2D eigenvalue weighted by Crippen LogP contribution is -2.39. The maximum Gasteiger partial charge on any atom is 0.123 e. The highest BCUT2D eigenvalue weighted by atomic mass is 15.2. The van der Waals surface area contributed by atoms with E-state index in [2.05, 4.69) is 35.3 Å². The first kappa shape index (κ1) is 11.6.